The minimum atomic E-state index is 0.561. The molecule has 8 unspecified atom stereocenters. The molecule has 11 aromatic rings. The van der Waals surface area contributed by atoms with E-state index in [1.807, 2.05) is 0 Å². The molecule has 8 atom stereocenters. The third-order valence-corrected chi connectivity index (χ3v) is 25.7. The number of furan rings is 1. The van der Waals surface area contributed by atoms with Gasteiger partial charge in [0.15, 0.2) is 0 Å². The topological polar surface area (TPSA) is 73.5 Å². The third kappa shape index (κ3) is 4.39. The zero-order valence-corrected chi connectivity index (χ0v) is 42.9. The molecule has 7 nitrogen and oxygen atoms in total. The Morgan fingerprint density at radius 1 is 0.307 bits per heavy atom. The van der Waals surface area contributed by atoms with Crippen molar-refractivity contribution in [3.63, 3.8) is 0 Å². The summed E-state index contributed by atoms with van der Waals surface area (Å²) in [6.45, 7) is 0. The Morgan fingerprint density at radius 3 is 1.03 bits per heavy atom. The van der Waals surface area contributed by atoms with Crippen molar-refractivity contribution in [2.45, 2.75) is 176 Å². The fraction of sp³-hybridized carbons (Fsp3) is 0.529. The van der Waals surface area contributed by atoms with E-state index in [1.54, 1.807) is 22.3 Å². The summed E-state index contributed by atoms with van der Waals surface area (Å²) in [5, 5.41) is 14.4. The highest BCUT2D eigenvalue weighted by Gasteiger charge is 2.50. The van der Waals surface area contributed by atoms with E-state index in [4.69, 9.17) is 24.4 Å². The molecule has 9 heterocycles. The van der Waals surface area contributed by atoms with Crippen molar-refractivity contribution in [1.29, 1.82) is 0 Å². The molecule has 9 aromatic heterocycles. The Labute approximate surface area is 434 Å². The van der Waals surface area contributed by atoms with Crippen LogP contribution < -0.4 is 0 Å². The fourth-order valence-electron chi connectivity index (χ4n) is 24.2. The summed E-state index contributed by atoms with van der Waals surface area (Å²) in [6.07, 6.45) is 36.4. The molecular formula is C68H62N6O. The Balaban J connectivity index is 0.937. The molecule has 7 heteroatoms. The second kappa shape index (κ2) is 12.6. The molecule has 75 heavy (non-hydrogen) atoms. The molecule has 16 aliphatic carbocycles. The fourth-order valence-corrected chi connectivity index (χ4v) is 24.2. The molecule has 0 saturated heterocycles. The lowest BCUT2D eigenvalue weighted by molar-refractivity contribution is 0.165. The predicted molar refractivity (Wildman–Crippen MR) is 296 cm³/mol. The highest BCUT2D eigenvalue weighted by atomic mass is 16.3. The van der Waals surface area contributed by atoms with Gasteiger partial charge in [-0.05, 0) is 234 Å². The molecule has 16 aliphatic rings. The number of pyridine rings is 4. The van der Waals surface area contributed by atoms with Crippen molar-refractivity contribution < 1.29 is 4.42 Å². The summed E-state index contributed by atoms with van der Waals surface area (Å²) in [6, 6.07) is 5.30. The third-order valence-electron chi connectivity index (χ3n) is 25.7. The van der Waals surface area contributed by atoms with Gasteiger partial charge in [-0.25, -0.2) is 0 Å². The molecule has 0 spiro atoms. The number of aromatic nitrogens is 6. The zero-order chi connectivity index (χ0) is 47.3. The quantitative estimate of drug-likeness (QED) is 0.151. The maximum atomic E-state index is 8.03. The minimum Gasteiger partial charge on any atom is -0.455 e. The van der Waals surface area contributed by atoms with Crippen molar-refractivity contribution in [2.75, 3.05) is 0 Å². The van der Waals surface area contributed by atoms with Gasteiger partial charge in [-0.15, -0.1) is 0 Å². The first-order valence-corrected chi connectivity index (χ1v) is 30.9. The number of benzene rings is 2. The average Bonchev–Trinajstić information content (AvgIpc) is 4.31. The molecule has 370 valence electrons. The maximum Gasteiger partial charge on any atom is 0.145 e. The Bertz CT molecular complexity index is 4490. The van der Waals surface area contributed by atoms with Crippen LogP contribution in [0.1, 0.15) is 221 Å². The van der Waals surface area contributed by atoms with Crippen molar-refractivity contribution in [3.8, 4) is 0 Å². The molecule has 16 bridgehead atoms. The number of rotatable bonds is 0. The summed E-state index contributed by atoms with van der Waals surface area (Å²) >= 11 is 0. The van der Waals surface area contributed by atoms with E-state index in [9.17, 15) is 0 Å². The summed E-state index contributed by atoms with van der Waals surface area (Å²) in [4.78, 5) is 22.7. The Kier molecular flexibility index (Phi) is 6.51. The van der Waals surface area contributed by atoms with Gasteiger partial charge in [-0.3, -0.25) is 19.9 Å². The van der Waals surface area contributed by atoms with Gasteiger partial charge >= 0.3 is 0 Å². The molecule has 2 aromatic carbocycles. The molecule has 0 amide bonds. The average molecular weight is 979 g/mol. The molecule has 27 rings (SSSR count). The van der Waals surface area contributed by atoms with E-state index >= 15 is 0 Å². The van der Waals surface area contributed by atoms with Crippen molar-refractivity contribution >= 4 is 98.1 Å². The predicted octanol–water partition coefficient (Wildman–Crippen LogP) is 17.0. The van der Waals surface area contributed by atoms with Crippen LogP contribution in [0.25, 0.3) is 98.1 Å². The van der Waals surface area contributed by atoms with Crippen LogP contribution in [-0.4, -0.2) is 28.7 Å². The van der Waals surface area contributed by atoms with Crippen LogP contribution in [-0.2, 0) is 0 Å². The van der Waals surface area contributed by atoms with Crippen LogP contribution in [0.2, 0.25) is 0 Å². The van der Waals surface area contributed by atoms with E-state index in [1.165, 1.54) is 238 Å². The normalized spacial score (nSPS) is 37.3. The van der Waals surface area contributed by atoms with Gasteiger partial charge in [-0.1, -0.05) is 0 Å². The SMILES string of the molecule is c1c2c(oc3cc4c5c6c(ncc5n5c7cnc8c(c7c(c32)c45)C2CC3CC(CC8C3)C2)C2CC3CC(C2)CC6C3)c2c3c4c(ncc3n3c5cnc6c(c5c1c23)C1CC2CC(CC6C2)C1)C1CC2CC(C1)CC4C2. The molecule has 8 saturated carbocycles. The van der Waals surface area contributed by atoms with Crippen LogP contribution in [0.3, 0.4) is 0 Å². The number of hydrogen-bond donors (Lipinski definition) is 0. The zero-order valence-electron chi connectivity index (χ0n) is 42.9. The maximum absolute atomic E-state index is 8.03. The first kappa shape index (κ1) is 38.9. The van der Waals surface area contributed by atoms with Gasteiger partial charge in [-0.2, -0.15) is 0 Å². The number of fused-ring (bicyclic) bond motifs is 17. The highest BCUT2D eigenvalue weighted by Crippen LogP contribution is 2.65. The number of hydrogen-bond acceptors (Lipinski definition) is 5. The smallest absolute Gasteiger partial charge is 0.145 e. The van der Waals surface area contributed by atoms with Gasteiger partial charge in [0.2, 0.25) is 0 Å². The second-order valence-electron chi connectivity index (χ2n) is 29.3. The first-order valence-electron chi connectivity index (χ1n) is 30.9. The second-order valence-corrected chi connectivity index (χ2v) is 29.3. The van der Waals surface area contributed by atoms with Gasteiger partial charge in [0.05, 0.1) is 63.3 Å². The van der Waals surface area contributed by atoms with Gasteiger partial charge in [0.1, 0.15) is 11.2 Å². The molecule has 0 aliphatic heterocycles. The van der Waals surface area contributed by atoms with Crippen LogP contribution in [0.4, 0.5) is 0 Å². The van der Waals surface area contributed by atoms with Crippen LogP contribution in [0.5, 0.6) is 0 Å². The summed E-state index contributed by atoms with van der Waals surface area (Å²) < 4.78 is 13.5. The molecular weight excluding hydrogens is 917 g/mol. The Hall–Kier alpha value is -5.56. The molecule has 8 fully saturated rings. The van der Waals surface area contributed by atoms with Crippen LogP contribution >= 0.6 is 0 Å². The highest BCUT2D eigenvalue weighted by molar-refractivity contribution is 6.40. The summed E-state index contributed by atoms with van der Waals surface area (Å²) in [5.74, 6) is 11.3. The van der Waals surface area contributed by atoms with E-state index in [0.717, 1.165) is 58.5 Å². The van der Waals surface area contributed by atoms with Crippen LogP contribution in [0, 0.1) is 47.3 Å². The summed E-state index contributed by atoms with van der Waals surface area (Å²) in [5.41, 5.74) is 22.6. The van der Waals surface area contributed by atoms with Gasteiger partial charge in [0, 0.05) is 94.9 Å². The Morgan fingerprint density at radius 2 is 0.627 bits per heavy atom. The lowest BCUT2D eigenvalue weighted by atomic mass is 9.67. The lowest BCUT2D eigenvalue weighted by Gasteiger charge is -2.38. The van der Waals surface area contributed by atoms with Crippen molar-refractivity contribution in [3.05, 3.63) is 81.9 Å². The van der Waals surface area contributed by atoms with E-state index in [0.29, 0.717) is 47.3 Å². The number of nitrogens with zero attached hydrogens (tertiary/aromatic N) is 6. The first-order chi connectivity index (χ1) is 37.0. The van der Waals surface area contributed by atoms with Gasteiger partial charge < -0.3 is 13.2 Å². The lowest BCUT2D eigenvalue weighted by Crippen LogP contribution is -2.25. The van der Waals surface area contributed by atoms with E-state index < -0.39 is 0 Å². The molecule has 0 radical (unpaired) electrons. The largest absolute Gasteiger partial charge is 0.455 e. The van der Waals surface area contributed by atoms with Gasteiger partial charge in [0.25, 0.3) is 0 Å². The monoisotopic (exact) mass is 978 g/mol. The van der Waals surface area contributed by atoms with Crippen molar-refractivity contribution in [1.82, 2.24) is 28.7 Å². The van der Waals surface area contributed by atoms with E-state index in [-0.39, 0.29) is 0 Å². The van der Waals surface area contributed by atoms with E-state index in [2.05, 4.69) is 45.7 Å². The minimum absolute atomic E-state index is 0.561. The van der Waals surface area contributed by atoms with Crippen LogP contribution in [0.15, 0.2) is 41.3 Å². The molecule has 0 N–H and O–H groups in total. The standard InChI is InChI=1S/C68H62N6O/c1-27-5-35-6-28(1)14-39(13-27)62-51(35)55-43-21-45-57-50(75-68(45)61-59-49(74(67(43)61)46(55)23-69-62)26-72-65-42-19-33-4-34(20-42)12-38(11-33)54(59)65)22-44-56-47(24-70-63-40-15-29-2-30(16-40)8-36(7-29)52(56)63)73-48-25-71-64-41-17-31-3-32(18-41)10-37(9-31)53(64)58(48)60(57)66(44)73/h21-42H,1-20H2. The van der Waals surface area contributed by atoms with Crippen molar-refractivity contribution in [2.24, 2.45) is 47.3 Å². The summed E-state index contributed by atoms with van der Waals surface area (Å²) in [7, 11) is 0.